The van der Waals surface area contributed by atoms with Gasteiger partial charge in [0.15, 0.2) is 0 Å². The van der Waals surface area contributed by atoms with E-state index in [0.717, 1.165) is 38.9 Å². The molecule has 0 fully saturated rings. The molecule has 6 nitrogen and oxygen atoms in total. The number of rotatable bonds is 11. The Morgan fingerprint density at radius 3 is 2.48 bits per heavy atom. The van der Waals surface area contributed by atoms with E-state index in [-0.39, 0.29) is 0 Å². The fourth-order valence-electron chi connectivity index (χ4n) is 2.14. The molecule has 0 aliphatic rings. The van der Waals surface area contributed by atoms with Gasteiger partial charge in [-0.3, -0.25) is 4.68 Å². The van der Waals surface area contributed by atoms with Crippen molar-refractivity contribution in [2.45, 2.75) is 51.5 Å². The van der Waals surface area contributed by atoms with Gasteiger partial charge in [0.25, 0.3) is 0 Å². The Morgan fingerprint density at radius 1 is 1.24 bits per heavy atom. The van der Waals surface area contributed by atoms with Gasteiger partial charge in [0.2, 0.25) is 10.0 Å². The summed E-state index contributed by atoms with van der Waals surface area (Å²) in [6.07, 6.45) is 5.66. The molecule has 7 heteroatoms. The van der Waals surface area contributed by atoms with Crippen LogP contribution in [0.3, 0.4) is 0 Å². The molecule has 0 aromatic carbocycles. The molecule has 0 saturated carbocycles. The number of aryl methyl sites for hydroxylation is 1. The van der Waals surface area contributed by atoms with Crippen molar-refractivity contribution < 1.29 is 8.42 Å². The smallest absolute Gasteiger partial charge is 0.246 e. The molecule has 0 aliphatic carbocycles. The van der Waals surface area contributed by atoms with Crippen molar-refractivity contribution >= 4 is 10.0 Å². The fraction of sp³-hybridized carbons (Fsp3) is 0.786. The van der Waals surface area contributed by atoms with Gasteiger partial charge in [0.1, 0.15) is 4.90 Å². The second-order valence-corrected chi connectivity index (χ2v) is 6.99. The summed E-state index contributed by atoms with van der Waals surface area (Å²) in [5, 5.41) is 7.41. The highest BCUT2D eigenvalue weighted by atomic mass is 32.2. The summed E-state index contributed by atoms with van der Waals surface area (Å²) in [6, 6.07) is 0. The molecular formula is C14H28N4O2S. The monoisotopic (exact) mass is 316 g/mol. The average Bonchev–Trinajstić information content (AvgIpc) is 2.93. The minimum atomic E-state index is -3.41. The molecule has 1 heterocycles. The third kappa shape index (κ3) is 5.41. The van der Waals surface area contributed by atoms with Crippen molar-refractivity contribution in [1.29, 1.82) is 0 Å². The van der Waals surface area contributed by atoms with E-state index in [1.807, 2.05) is 13.8 Å². The van der Waals surface area contributed by atoms with Crippen LogP contribution in [0.1, 0.15) is 40.0 Å². The highest BCUT2D eigenvalue weighted by Gasteiger charge is 2.24. The van der Waals surface area contributed by atoms with Gasteiger partial charge in [-0.1, -0.05) is 20.8 Å². The molecule has 0 aliphatic heterocycles. The van der Waals surface area contributed by atoms with E-state index in [9.17, 15) is 8.42 Å². The van der Waals surface area contributed by atoms with E-state index in [4.69, 9.17) is 0 Å². The van der Waals surface area contributed by atoms with Gasteiger partial charge in [0, 0.05) is 25.8 Å². The van der Waals surface area contributed by atoms with Crippen LogP contribution in [0.15, 0.2) is 17.3 Å². The van der Waals surface area contributed by atoms with Gasteiger partial charge in [0.05, 0.1) is 6.20 Å². The van der Waals surface area contributed by atoms with Crippen LogP contribution < -0.4 is 5.32 Å². The Morgan fingerprint density at radius 2 is 1.90 bits per heavy atom. The molecule has 1 N–H and O–H groups in total. The van der Waals surface area contributed by atoms with Crippen molar-refractivity contribution in [3.63, 3.8) is 0 Å². The Balaban J connectivity index is 2.72. The van der Waals surface area contributed by atoms with Gasteiger partial charge >= 0.3 is 0 Å². The molecule has 21 heavy (non-hydrogen) atoms. The summed E-state index contributed by atoms with van der Waals surface area (Å²) >= 11 is 0. The molecule has 0 spiro atoms. The standard InChI is InChI=1S/C14H28N4O2S/c1-4-9-18(10-5-2)21(19,20)14-12-16-17(13-14)11-7-8-15-6-3/h12-13,15H,4-11H2,1-3H3. The highest BCUT2D eigenvalue weighted by molar-refractivity contribution is 7.89. The summed E-state index contributed by atoms with van der Waals surface area (Å²) in [4.78, 5) is 0.299. The van der Waals surface area contributed by atoms with Crippen LogP contribution in [0.2, 0.25) is 0 Å². The molecule has 122 valence electrons. The molecule has 1 aromatic rings. The number of sulfonamides is 1. The number of nitrogens with zero attached hydrogens (tertiary/aromatic N) is 3. The second-order valence-electron chi connectivity index (χ2n) is 5.05. The van der Waals surface area contributed by atoms with Crippen molar-refractivity contribution in [2.24, 2.45) is 0 Å². The maximum Gasteiger partial charge on any atom is 0.246 e. The SMILES string of the molecule is CCCN(CCC)S(=O)(=O)c1cnn(CCCNCC)c1. The molecule has 0 saturated heterocycles. The summed E-state index contributed by atoms with van der Waals surface area (Å²) in [7, 11) is -3.41. The van der Waals surface area contributed by atoms with Crippen LogP contribution >= 0.6 is 0 Å². The molecule has 0 unspecified atom stereocenters. The molecule has 0 amide bonds. The quantitative estimate of drug-likeness (QED) is 0.631. The van der Waals surface area contributed by atoms with E-state index in [2.05, 4.69) is 17.3 Å². The van der Waals surface area contributed by atoms with Crippen molar-refractivity contribution in [3.05, 3.63) is 12.4 Å². The van der Waals surface area contributed by atoms with Gasteiger partial charge in [-0.2, -0.15) is 9.40 Å². The van der Waals surface area contributed by atoms with E-state index < -0.39 is 10.0 Å². The van der Waals surface area contributed by atoms with E-state index in [1.54, 1.807) is 15.2 Å². The lowest BCUT2D eigenvalue weighted by atomic mass is 10.4. The average molecular weight is 316 g/mol. The first kappa shape index (κ1) is 18.1. The summed E-state index contributed by atoms with van der Waals surface area (Å²) in [6.45, 7) is 9.74. The molecule has 1 rings (SSSR count). The zero-order valence-electron chi connectivity index (χ0n) is 13.4. The molecule has 0 bridgehead atoms. The van der Waals surface area contributed by atoms with Crippen LogP contribution in [0.5, 0.6) is 0 Å². The molecular weight excluding hydrogens is 288 g/mol. The van der Waals surface area contributed by atoms with E-state index in [1.165, 1.54) is 6.20 Å². The lowest BCUT2D eigenvalue weighted by molar-refractivity contribution is 0.410. The first-order valence-corrected chi connectivity index (χ1v) is 9.23. The predicted octanol–water partition coefficient (Wildman–Crippen LogP) is 1.69. The first-order valence-electron chi connectivity index (χ1n) is 7.79. The number of hydrogen-bond acceptors (Lipinski definition) is 4. The third-order valence-corrected chi connectivity index (χ3v) is 5.04. The Labute approximate surface area is 128 Å². The second kappa shape index (κ2) is 9.17. The number of aromatic nitrogens is 2. The van der Waals surface area contributed by atoms with E-state index >= 15 is 0 Å². The Bertz CT molecular complexity index is 493. The zero-order chi connectivity index (χ0) is 15.7. The van der Waals surface area contributed by atoms with Crippen LogP contribution in [0, 0.1) is 0 Å². The largest absolute Gasteiger partial charge is 0.317 e. The number of hydrogen-bond donors (Lipinski definition) is 1. The summed E-state index contributed by atoms with van der Waals surface area (Å²) < 4.78 is 28.4. The van der Waals surface area contributed by atoms with Crippen LogP contribution in [-0.4, -0.2) is 48.7 Å². The normalized spacial score (nSPS) is 12.2. The topological polar surface area (TPSA) is 67.2 Å². The molecule has 1 aromatic heterocycles. The Hall–Kier alpha value is -0.920. The van der Waals surface area contributed by atoms with Crippen LogP contribution in [-0.2, 0) is 16.6 Å². The van der Waals surface area contributed by atoms with Gasteiger partial charge < -0.3 is 5.32 Å². The van der Waals surface area contributed by atoms with Gasteiger partial charge in [-0.15, -0.1) is 0 Å². The van der Waals surface area contributed by atoms with Crippen molar-refractivity contribution in [1.82, 2.24) is 19.4 Å². The molecule has 0 radical (unpaired) electrons. The third-order valence-electron chi connectivity index (χ3n) is 3.18. The van der Waals surface area contributed by atoms with E-state index in [0.29, 0.717) is 18.0 Å². The van der Waals surface area contributed by atoms with Crippen molar-refractivity contribution in [3.8, 4) is 0 Å². The summed E-state index contributed by atoms with van der Waals surface area (Å²) in [5.41, 5.74) is 0. The maximum absolute atomic E-state index is 12.6. The Kier molecular flexibility index (Phi) is 7.92. The predicted molar refractivity (Wildman–Crippen MR) is 84.7 cm³/mol. The summed E-state index contributed by atoms with van der Waals surface area (Å²) in [5.74, 6) is 0. The maximum atomic E-state index is 12.6. The highest BCUT2D eigenvalue weighted by Crippen LogP contribution is 2.15. The van der Waals surface area contributed by atoms with Gasteiger partial charge in [-0.05, 0) is 32.4 Å². The minimum Gasteiger partial charge on any atom is -0.317 e. The number of nitrogens with one attached hydrogen (secondary N) is 1. The molecule has 0 atom stereocenters. The van der Waals surface area contributed by atoms with Crippen molar-refractivity contribution in [2.75, 3.05) is 26.2 Å². The van der Waals surface area contributed by atoms with Crippen LogP contribution in [0.4, 0.5) is 0 Å². The zero-order valence-corrected chi connectivity index (χ0v) is 14.2. The van der Waals surface area contributed by atoms with Crippen LogP contribution in [0.25, 0.3) is 0 Å². The first-order chi connectivity index (χ1) is 10.1. The minimum absolute atomic E-state index is 0.299. The lowest BCUT2D eigenvalue weighted by Crippen LogP contribution is -2.32. The lowest BCUT2D eigenvalue weighted by Gasteiger charge is -2.19. The van der Waals surface area contributed by atoms with Gasteiger partial charge in [-0.25, -0.2) is 8.42 Å². The fourth-order valence-corrected chi connectivity index (χ4v) is 3.72.